The number of hydrogen-bond donors (Lipinski definition) is 2. The van der Waals surface area contributed by atoms with Gasteiger partial charge in [0, 0.05) is 44.3 Å². The highest BCUT2D eigenvalue weighted by Gasteiger charge is 2.38. The summed E-state index contributed by atoms with van der Waals surface area (Å²) < 4.78 is 27.8. The summed E-state index contributed by atoms with van der Waals surface area (Å²) in [4.78, 5) is 29.9. The number of rotatable bonds is 7. The van der Waals surface area contributed by atoms with Gasteiger partial charge >= 0.3 is 0 Å². The van der Waals surface area contributed by atoms with Crippen molar-refractivity contribution < 1.29 is 13.2 Å². The number of nitrogens with zero attached hydrogens (tertiary/aromatic N) is 4. The molecular weight excluding hydrogens is 524 g/mol. The number of hydrogen-bond acceptors (Lipinski definition) is 6. The zero-order valence-corrected chi connectivity index (χ0v) is 23.2. The third-order valence-corrected chi connectivity index (χ3v) is 9.92. The minimum Gasteiger partial charge on any atom is -0.371 e. The SMILES string of the molecule is O=C(Cc1cccc2[nH]c(CNS(=O)(=O)c3ccccc3)nc12)N1CCC2(CC1)CCN(c1ccncc1)CC2. The van der Waals surface area contributed by atoms with Gasteiger partial charge in [0.25, 0.3) is 0 Å². The average molecular weight is 559 g/mol. The lowest BCUT2D eigenvalue weighted by Gasteiger charge is -2.47. The van der Waals surface area contributed by atoms with Crippen molar-refractivity contribution in [1.29, 1.82) is 0 Å². The number of aromatic nitrogens is 3. The minimum atomic E-state index is -3.64. The summed E-state index contributed by atoms with van der Waals surface area (Å²) in [6, 6.07) is 18.1. The summed E-state index contributed by atoms with van der Waals surface area (Å²) in [6.07, 6.45) is 8.37. The fourth-order valence-corrected chi connectivity index (χ4v) is 7.02. The van der Waals surface area contributed by atoms with Gasteiger partial charge in [-0.25, -0.2) is 18.1 Å². The molecule has 1 spiro atoms. The first kappa shape index (κ1) is 26.5. The van der Waals surface area contributed by atoms with E-state index in [1.165, 1.54) is 5.69 Å². The van der Waals surface area contributed by atoms with Gasteiger partial charge < -0.3 is 14.8 Å². The molecule has 9 nitrogen and oxygen atoms in total. The minimum absolute atomic E-state index is 0.0338. The van der Waals surface area contributed by atoms with E-state index in [1.807, 2.05) is 35.5 Å². The fraction of sp³-hybridized carbons (Fsp3) is 0.367. The van der Waals surface area contributed by atoms with Crippen LogP contribution in [-0.4, -0.2) is 60.4 Å². The van der Waals surface area contributed by atoms with E-state index in [1.54, 1.807) is 30.3 Å². The molecule has 2 aliphatic rings. The molecule has 10 heteroatoms. The molecule has 0 atom stereocenters. The number of pyridine rings is 1. The third kappa shape index (κ3) is 5.59. The molecule has 0 saturated carbocycles. The van der Waals surface area contributed by atoms with Gasteiger partial charge in [-0.1, -0.05) is 30.3 Å². The van der Waals surface area contributed by atoms with E-state index in [0.717, 1.165) is 62.9 Å². The quantitative estimate of drug-likeness (QED) is 0.356. The lowest BCUT2D eigenvalue weighted by atomic mass is 9.71. The zero-order chi connectivity index (χ0) is 27.6. The van der Waals surface area contributed by atoms with Gasteiger partial charge in [-0.3, -0.25) is 9.78 Å². The maximum Gasteiger partial charge on any atom is 0.240 e. The van der Waals surface area contributed by atoms with Crippen LogP contribution in [0.25, 0.3) is 11.0 Å². The Kier molecular flexibility index (Phi) is 7.29. The number of benzene rings is 2. The predicted octanol–water partition coefficient (Wildman–Crippen LogP) is 3.89. The van der Waals surface area contributed by atoms with E-state index >= 15 is 0 Å². The number of carbonyl (C=O) groups is 1. The second kappa shape index (κ2) is 11.0. The Hall–Kier alpha value is -3.76. The van der Waals surface area contributed by atoms with Crippen molar-refractivity contribution in [2.45, 2.75) is 43.5 Å². The van der Waals surface area contributed by atoms with Crippen LogP contribution in [0.2, 0.25) is 0 Å². The summed E-state index contributed by atoms with van der Waals surface area (Å²) in [5, 5.41) is 0. The standard InChI is InChI=1S/C30H34N6O3S/c37-28(36-19-13-30(14-20-36)11-17-35(18-12-30)24-9-15-31-16-10-24)21-23-5-4-8-26-29(23)34-27(33-26)22-32-40(38,39)25-6-2-1-3-7-25/h1-10,15-16,32H,11-14,17-22H2,(H,33,34). The van der Waals surface area contributed by atoms with E-state index in [4.69, 9.17) is 0 Å². The Morgan fingerprint density at radius 2 is 1.60 bits per heavy atom. The Balaban J connectivity index is 1.05. The highest BCUT2D eigenvalue weighted by Crippen LogP contribution is 2.42. The van der Waals surface area contributed by atoms with Gasteiger partial charge in [0.1, 0.15) is 5.82 Å². The van der Waals surface area contributed by atoms with E-state index in [9.17, 15) is 13.2 Å². The van der Waals surface area contributed by atoms with Crippen LogP contribution in [0.5, 0.6) is 0 Å². The number of anilines is 1. The second-order valence-electron chi connectivity index (χ2n) is 10.9. The van der Waals surface area contributed by atoms with Crippen LogP contribution in [0.15, 0.2) is 78.0 Å². The summed E-state index contributed by atoms with van der Waals surface area (Å²) in [6.45, 7) is 3.70. The number of imidazole rings is 1. The maximum absolute atomic E-state index is 13.3. The topological polar surface area (TPSA) is 111 Å². The zero-order valence-electron chi connectivity index (χ0n) is 22.4. The molecule has 1 amide bonds. The molecule has 40 heavy (non-hydrogen) atoms. The molecular formula is C30H34N6O3S. The number of para-hydroxylation sites is 1. The van der Waals surface area contributed by atoms with Gasteiger partial charge in [0.05, 0.1) is 28.9 Å². The number of likely N-dealkylation sites (tertiary alicyclic amines) is 1. The van der Waals surface area contributed by atoms with Gasteiger partial charge in [0.2, 0.25) is 15.9 Å². The largest absolute Gasteiger partial charge is 0.371 e. The number of carbonyl (C=O) groups excluding carboxylic acids is 1. The van der Waals surface area contributed by atoms with Crippen LogP contribution >= 0.6 is 0 Å². The Labute approximate surface area is 234 Å². The van der Waals surface area contributed by atoms with Crippen LogP contribution in [0, 0.1) is 5.41 Å². The van der Waals surface area contributed by atoms with Crippen LogP contribution < -0.4 is 9.62 Å². The summed E-state index contributed by atoms with van der Waals surface area (Å²) >= 11 is 0. The molecule has 4 aromatic rings. The van der Waals surface area contributed by atoms with Crippen molar-refractivity contribution in [3.63, 3.8) is 0 Å². The number of aromatic amines is 1. The number of amides is 1. The summed E-state index contributed by atoms with van der Waals surface area (Å²) in [5.41, 5.74) is 3.91. The first-order chi connectivity index (χ1) is 19.4. The van der Waals surface area contributed by atoms with Crippen LogP contribution in [0.4, 0.5) is 5.69 Å². The highest BCUT2D eigenvalue weighted by atomic mass is 32.2. The van der Waals surface area contributed by atoms with Crippen molar-refractivity contribution in [2.24, 2.45) is 5.41 Å². The molecule has 2 aromatic heterocycles. The van der Waals surface area contributed by atoms with E-state index in [-0.39, 0.29) is 23.8 Å². The molecule has 0 radical (unpaired) electrons. The molecule has 0 unspecified atom stereocenters. The van der Waals surface area contributed by atoms with Crippen molar-refractivity contribution >= 4 is 32.7 Å². The molecule has 2 fully saturated rings. The average Bonchev–Trinajstić information content (AvgIpc) is 3.42. The maximum atomic E-state index is 13.3. The van der Waals surface area contributed by atoms with E-state index in [2.05, 4.69) is 36.7 Å². The first-order valence-corrected chi connectivity index (χ1v) is 15.3. The molecule has 2 saturated heterocycles. The van der Waals surface area contributed by atoms with E-state index in [0.29, 0.717) is 16.8 Å². The van der Waals surface area contributed by atoms with Crippen molar-refractivity contribution in [2.75, 3.05) is 31.1 Å². The van der Waals surface area contributed by atoms with Crippen molar-refractivity contribution in [1.82, 2.24) is 24.6 Å². The van der Waals surface area contributed by atoms with Gasteiger partial charge in [-0.2, -0.15) is 0 Å². The smallest absolute Gasteiger partial charge is 0.240 e. The second-order valence-corrected chi connectivity index (χ2v) is 12.7. The van der Waals surface area contributed by atoms with Crippen LogP contribution in [0.1, 0.15) is 37.1 Å². The summed E-state index contributed by atoms with van der Waals surface area (Å²) in [7, 11) is -3.64. The number of nitrogens with one attached hydrogen (secondary N) is 2. The molecule has 0 aliphatic carbocycles. The normalized spacial score (nSPS) is 17.4. The van der Waals surface area contributed by atoms with Crippen LogP contribution in [0.3, 0.4) is 0 Å². The molecule has 2 aromatic carbocycles. The fourth-order valence-electron chi connectivity index (χ4n) is 6.01. The van der Waals surface area contributed by atoms with Crippen molar-refractivity contribution in [3.05, 3.63) is 84.4 Å². The van der Waals surface area contributed by atoms with Gasteiger partial charge in [-0.15, -0.1) is 0 Å². The Bertz CT molecular complexity index is 1570. The number of sulfonamides is 1. The van der Waals surface area contributed by atoms with Crippen molar-refractivity contribution in [3.8, 4) is 0 Å². The molecule has 208 valence electrons. The van der Waals surface area contributed by atoms with E-state index < -0.39 is 10.0 Å². The summed E-state index contributed by atoms with van der Waals surface area (Å²) in [5.74, 6) is 0.623. The third-order valence-electron chi connectivity index (χ3n) is 8.50. The predicted molar refractivity (Wildman–Crippen MR) is 154 cm³/mol. The Morgan fingerprint density at radius 3 is 2.33 bits per heavy atom. The molecule has 4 heterocycles. The molecule has 0 bridgehead atoms. The number of piperidine rings is 2. The lowest BCUT2D eigenvalue weighted by Crippen LogP contribution is -2.48. The molecule has 2 N–H and O–H groups in total. The Morgan fingerprint density at radius 1 is 0.900 bits per heavy atom. The number of H-pyrrole nitrogens is 1. The van der Waals surface area contributed by atoms with Gasteiger partial charge in [0.15, 0.2) is 0 Å². The molecule has 6 rings (SSSR count). The van der Waals surface area contributed by atoms with Crippen LogP contribution in [-0.2, 0) is 27.8 Å². The van der Waals surface area contributed by atoms with Gasteiger partial charge in [-0.05, 0) is 67.0 Å². The number of fused-ring (bicyclic) bond motifs is 1. The highest BCUT2D eigenvalue weighted by molar-refractivity contribution is 7.89. The molecule has 2 aliphatic heterocycles. The lowest BCUT2D eigenvalue weighted by molar-refractivity contribution is -0.133. The first-order valence-electron chi connectivity index (χ1n) is 13.8. The monoisotopic (exact) mass is 558 g/mol.